The minimum Gasteiger partial charge on any atom is -0.492 e. The summed E-state index contributed by atoms with van der Waals surface area (Å²) in [4.78, 5) is 1.65. The molecule has 4 N–H and O–H groups in total. The van der Waals surface area contributed by atoms with Crippen LogP contribution in [0.1, 0.15) is 24.0 Å². The summed E-state index contributed by atoms with van der Waals surface area (Å²) in [6, 6.07) is 15.8. The summed E-state index contributed by atoms with van der Waals surface area (Å²) in [7, 11) is -4.22. The van der Waals surface area contributed by atoms with Gasteiger partial charge in [0, 0.05) is 36.6 Å². The first-order valence-electron chi connectivity index (χ1n) is 13.7. The predicted octanol–water partition coefficient (Wildman–Crippen LogP) is 4.06. The average Bonchev–Trinajstić information content (AvgIpc) is 3.22. The van der Waals surface area contributed by atoms with Crippen LogP contribution in [0.5, 0.6) is 5.75 Å². The fraction of sp³-hybridized carbons (Fsp3) is 0.400. The van der Waals surface area contributed by atoms with Crippen LogP contribution in [-0.2, 0) is 22.7 Å². The first-order valence-corrected chi connectivity index (χ1v) is 15.5. The van der Waals surface area contributed by atoms with Gasteiger partial charge in [0.05, 0.1) is 30.5 Å². The second kappa shape index (κ2) is 12.4. The van der Waals surface area contributed by atoms with Crippen molar-refractivity contribution < 1.29 is 41.6 Å². The van der Waals surface area contributed by atoms with E-state index in [4.69, 9.17) is 16.3 Å². The number of rotatable bonds is 3. The van der Waals surface area contributed by atoms with Gasteiger partial charge >= 0.3 is 6.18 Å². The van der Waals surface area contributed by atoms with Gasteiger partial charge in [0.1, 0.15) is 10.6 Å². The van der Waals surface area contributed by atoms with Gasteiger partial charge in [-0.3, -0.25) is 4.90 Å². The topological polar surface area (TPSA) is 119 Å². The fourth-order valence-electron chi connectivity index (χ4n) is 5.86. The number of hydrogen-bond donors (Lipinski definition) is 4. The zero-order valence-corrected chi connectivity index (χ0v) is 24.5. The standard InChI is InChI=1S/C30H32ClF3N2O6S/c31-23-6-1-3-19(9-23)15-36-16-24(37)14-35-43(40,41)28-8-7-21(20-4-2-5-22(10-20)30(32,33)34)11-27(28)42-18-29(17-36)12-25(38)26(39)13-29/h1-11,24-26,35,37-39H,12-18H2/t24-,25-,26+,29?/m0/s1. The number of β-amino-alcohol motifs (C(OH)–C–C–N with tert-alkyl or cyclic N) is 1. The lowest BCUT2D eigenvalue weighted by Gasteiger charge is -2.37. The van der Waals surface area contributed by atoms with E-state index in [0.717, 1.165) is 17.7 Å². The van der Waals surface area contributed by atoms with E-state index in [2.05, 4.69) is 4.72 Å². The Balaban J connectivity index is 1.54. The number of aliphatic hydroxyl groups excluding tert-OH is 3. The van der Waals surface area contributed by atoms with Crippen molar-refractivity contribution in [2.75, 3.05) is 26.2 Å². The van der Waals surface area contributed by atoms with Gasteiger partial charge in [-0.05, 0) is 65.9 Å². The van der Waals surface area contributed by atoms with Gasteiger partial charge < -0.3 is 20.1 Å². The normalized spacial score (nSPS) is 26.7. The van der Waals surface area contributed by atoms with Crippen molar-refractivity contribution in [2.24, 2.45) is 5.41 Å². The lowest BCUT2D eigenvalue weighted by Crippen LogP contribution is -2.46. The molecule has 0 bridgehead atoms. The summed E-state index contributed by atoms with van der Waals surface area (Å²) in [6.07, 6.45) is -7.49. The van der Waals surface area contributed by atoms with Gasteiger partial charge in [-0.15, -0.1) is 0 Å². The third kappa shape index (κ3) is 7.51. The first-order chi connectivity index (χ1) is 20.2. The Labute approximate surface area is 252 Å². The summed E-state index contributed by atoms with van der Waals surface area (Å²) >= 11 is 6.18. The van der Waals surface area contributed by atoms with Gasteiger partial charge in [-0.1, -0.05) is 41.9 Å². The number of fused-ring (bicyclic) bond motifs is 1. The number of alkyl halides is 3. The molecule has 0 saturated heterocycles. The number of nitrogens with one attached hydrogen (secondary N) is 1. The number of hydrogen-bond acceptors (Lipinski definition) is 7. The lowest BCUT2D eigenvalue weighted by atomic mass is 9.85. The minimum absolute atomic E-state index is 0.0737. The molecule has 4 atom stereocenters. The third-order valence-electron chi connectivity index (χ3n) is 7.85. The molecule has 1 fully saturated rings. The highest BCUT2D eigenvalue weighted by atomic mass is 35.5. The maximum absolute atomic E-state index is 13.4. The molecule has 2 aliphatic rings. The number of aliphatic hydroxyl groups is 3. The zero-order chi connectivity index (χ0) is 31.0. The van der Waals surface area contributed by atoms with Crippen molar-refractivity contribution in [1.29, 1.82) is 0 Å². The monoisotopic (exact) mass is 640 g/mol. The molecule has 1 unspecified atom stereocenters. The van der Waals surface area contributed by atoms with Crippen LogP contribution in [0.3, 0.4) is 0 Å². The van der Waals surface area contributed by atoms with E-state index in [1.54, 1.807) is 18.2 Å². The Morgan fingerprint density at radius 2 is 1.67 bits per heavy atom. The SMILES string of the molecule is O=S1(=O)NC[C@H](O)CN(Cc2cccc(Cl)c2)CC2(COc3cc(-c4cccc(C(F)(F)F)c4)ccc31)C[C@@H](O)[C@@H](O)C2. The number of nitrogens with zero attached hydrogens (tertiary/aromatic N) is 1. The Morgan fingerprint density at radius 1 is 0.977 bits per heavy atom. The lowest BCUT2D eigenvalue weighted by molar-refractivity contribution is -0.137. The molecule has 1 aliphatic heterocycles. The van der Waals surface area contributed by atoms with Crippen molar-refractivity contribution >= 4 is 21.6 Å². The van der Waals surface area contributed by atoms with E-state index in [1.165, 1.54) is 30.3 Å². The van der Waals surface area contributed by atoms with Gasteiger partial charge in [0.15, 0.2) is 0 Å². The van der Waals surface area contributed by atoms with Crippen molar-refractivity contribution in [3.63, 3.8) is 0 Å². The molecular weight excluding hydrogens is 609 g/mol. The van der Waals surface area contributed by atoms with E-state index in [9.17, 15) is 36.9 Å². The van der Waals surface area contributed by atoms with Gasteiger partial charge in [0.2, 0.25) is 10.0 Å². The molecule has 3 aromatic carbocycles. The first kappa shape index (κ1) is 31.7. The Morgan fingerprint density at radius 3 is 2.37 bits per heavy atom. The van der Waals surface area contributed by atoms with Crippen LogP contribution in [0.25, 0.3) is 11.1 Å². The maximum atomic E-state index is 13.4. The van der Waals surface area contributed by atoms with Crippen LogP contribution in [0.2, 0.25) is 5.02 Å². The zero-order valence-electron chi connectivity index (χ0n) is 23.0. The largest absolute Gasteiger partial charge is 0.492 e. The van der Waals surface area contributed by atoms with Gasteiger partial charge in [-0.25, -0.2) is 13.1 Å². The van der Waals surface area contributed by atoms with Gasteiger partial charge in [0.25, 0.3) is 0 Å². The molecule has 232 valence electrons. The molecule has 13 heteroatoms. The molecule has 1 heterocycles. The highest BCUT2D eigenvalue weighted by Gasteiger charge is 2.46. The van der Waals surface area contributed by atoms with Crippen LogP contribution in [0, 0.1) is 5.41 Å². The Hall–Kier alpha value is -2.71. The highest BCUT2D eigenvalue weighted by Crippen LogP contribution is 2.42. The second-order valence-electron chi connectivity index (χ2n) is 11.4. The van der Waals surface area contributed by atoms with E-state index in [-0.39, 0.29) is 55.3 Å². The average molecular weight is 641 g/mol. The van der Waals surface area contributed by atoms with Crippen LogP contribution in [0.15, 0.2) is 71.6 Å². The van der Waals surface area contributed by atoms with Gasteiger partial charge in [-0.2, -0.15) is 13.2 Å². The molecule has 0 amide bonds. The quantitative estimate of drug-likeness (QED) is 0.341. The van der Waals surface area contributed by atoms with Crippen LogP contribution < -0.4 is 9.46 Å². The van der Waals surface area contributed by atoms with Crippen molar-refractivity contribution in [1.82, 2.24) is 9.62 Å². The van der Waals surface area contributed by atoms with Crippen LogP contribution in [-0.4, -0.2) is 73.2 Å². The molecule has 5 rings (SSSR count). The molecule has 1 aliphatic carbocycles. The predicted molar refractivity (Wildman–Crippen MR) is 154 cm³/mol. The second-order valence-corrected chi connectivity index (χ2v) is 13.5. The van der Waals surface area contributed by atoms with E-state index in [1.807, 2.05) is 11.0 Å². The third-order valence-corrected chi connectivity index (χ3v) is 9.55. The summed E-state index contributed by atoms with van der Waals surface area (Å²) < 4.78 is 75.4. The highest BCUT2D eigenvalue weighted by molar-refractivity contribution is 7.89. The number of ether oxygens (including phenoxy) is 1. The number of halogens is 4. The molecule has 3 aromatic rings. The molecule has 43 heavy (non-hydrogen) atoms. The summed E-state index contributed by atoms with van der Waals surface area (Å²) in [5.74, 6) is -0.103. The van der Waals surface area contributed by atoms with Crippen LogP contribution in [0.4, 0.5) is 13.2 Å². The molecular formula is C30H32ClF3N2O6S. The number of benzene rings is 3. The smallest absolute Gasteiger partial charge is 0.416 e. The molecule has 1 spiro atoms. The molecule has 0 radical (unpaired) electrons. The van der Waals surface area contributed by atoms with Crippen LogP contribution >= 0.6 is 11.6 Å². The minimum atomic E-state index is -4.56. The molecule has 1 saturated carbocycles. The molecule has 0 aromatic heterocycles. The fourth-order valence-corrected chi connectivity index (χ4v) is 7.27. The molecule has 8 nitrogen and oxygen atoms in total. The van der Waals surface area contributed by atoms with E-state index in [0.29, 0.717) is 17.1 Å². The van der Waals surface area contributed by atoms with E-state index < -0.39 is 45.5 Å². The Bertz CT molecular complexity index is 1560. The van der Waals surface area contributed by atoms with Crippen molar-refractivity contribution in [2.45, 2.75) is 48.8 Å². The van der Waals surface area contributed by atoms with E-state index >= 15 is 0 Å². The maximum Gasteiger partial charge on any atom is 0.416 e. The van der Waals surface area contributed by atoms with Crippen molar-refractivity contribution in [3.05, 3.63) is 82.9 Å². The number of sulfonamides is 1. The Kier molecular flexibility index (Phi) is 9.11. The summed E-state index contributed by atoms with van der Waals surface area (Å²) in [6.45, 7) is 0.262. The summed E-state index contributed by atoms with van der Waals surface area (Å²) in [5.41, 5.74) is -0.345. The summed E-state index contributed by atoms with van der Waals surface area (Å²) in [5, 5.41) is 32.5. The van der Waals surface area contributed by atoms with Crippen molar-refractivity contribution in [3.8, 4) is 16.9 Å².